The molecule has 1 saturated heterocycles. The van der Waals surface area contributed by atoms with Crippen LogP contribution in [-0.2, 0) is 11.3 Å². The number of aliphatic imine (C=N–C) groups is 1. The largest absolute Gasteiger partial charge is 0.506 e. The maximum atomic E-state index is 10.1. The zero-order chi connectivity index (χ0) is 19.6. The molecule has 1 aliphatic rings. The monoisotopic (exact) mass is 510 g/mol. The molecule has 3 rings (SSSR count). The Kier molecular flexibility index (Phi) is 10.1. The molecule has 2 N–H and O–H groups in total. The number of hydrogen-bond acceptors (Lipinski definition) is 4. The van der Waals surface area contributed by atoms with Crippen LogP contribution in [0.4, 0.5) is 5.69 Å². The van der Waals surface area contributed by atoms with E-state index in [0.29, 0.717) is 25.5 Å². The van der Waals surface area contributed by atoms with Gasteiger partial charge in [-0.25, -0.2) is 0 Å². The van der Waals surface area contributed by atoms with Gasteiger partial charge in [-0.3, -0.25) is 4.99 Å². The van der Waals surface area contributed by atoms with E-state index in [1.54, 1.807) is 6.07 Å². The number of para-hydroxylation sites is 2. The Morgan fingerprint density at radius 1 is 1.03 bits per heavy atom. The normalized spacial score (nSPS) is 14.4. The van der Waals surface area contributed by atoms with Crippen LogP contribution in [0.1, 0.15) is 12.5 Å². The molecule has 2 aromatic rings. The van der Waals surface area contributed by atoms with Crippen molar-refractivity contribution in [3.63, 3.8) is 0 Å². The molecule has 7 heteroatoms. The second-order valence-corrected chi connectivity index (χ2v) is 6.74. The van der Waals surface area contributed by atoms with Crippen LogP contribution >= 0.6 is 24.0 Å². The first-order valence-corrected chi connectivity index (χ1v) is 9.96. The number of phenols is 1. The van der Waals surface area contributed by atoms with E-state index in [2.05, 4.69) is 34.2 Å². The number of aromatic hydroxyl groups is 1. The molecule has 0 unspecified atom stereocenters. The van der Waals surface area contributed by atoms with E-state index < -0.39 is 0 Å². The fraction of sp³-hybridized carbons (Fsp3) is 0.409. The van der Waals surface area contributed by atoms with Gasteiger partial charge in [0.05, 0.1) is 25.4 Å². The summed E-state index contributed by atoms with van der Waals surface area (Å²) in [5.74, 6) is 1.27. The summed E-state index contributed by atoms with van der Waals surface area (Å²) >= 11 is 0. The van der Waals surface area contributed by atoms with Gasteiger partial charge in [0.1, 0.15) is 5.75 Å². The lowest BCUT2D eigenvalue weighted by atomic mass is 10.2. The highest BCUT2D eigenvalue weighted by Crippen LogP contribution is 2.27. The van der Waals surface area contributed by atoms with Gasteiger partial charge >= 0.3 is 0 Å². The molecule has 1 heterocycles. The minimum atomic E-state index is 0. The third kappa shape index (κ3) is 7.08. The molecule has 158 valence electrons. The number of rotatable bonds is 7. The topological polar surface area (TPSA) is 60.3 Å². The average molecular weight is 510 g/mol. The van der Waals surface area contributed by atoms with Crippen LogP contribution < -0.4 is 10.2 Å². The van der Waals surface area contributed by atoms with Crippen molar-refractivity contribution < 1.29 is 9.84 Å². The summed E-state index contributed by atoms with van der Waals surface area (Å²) in [6.07, 6.45) is 0. The number of anilines is 1. The summed E-state index contributed by atoms with van der Waals surface area (Å²) in [4.78, 5) is 9.22. The van der Waals surface area contributed by atoms with Gasteiger partial charge in [-0.05, 0) is 24.6 Å². The standard InChI is InChI=1S/C22H30N4O2.HI/c1-2-23-22(24-12-17-28-18-19-8-4-3-5-9-19)26-15-13-25(14-16-26)20-10-6-7-11-21(20)27;/h3-11,27H,2,12-18H2,1H3,(H,23,24);1H. The van der Waals surface area contributed by atoms with Gasteiger partial charge < -0.3 is 25.0 Å². The Bertz CT molecular complexity index is 749. The van der Waals surface area contributed by atoms with Crippen LogP contribution in [0.2, 0.25) is 0 Å². The molecule has 0 bridgehead atoms. The highest BCUT2D eigenvalue weighted by atomic mass is 127. The van der Waals surface area contributed by atoms with Crippen LogP contribution in [0.25, 0.3) is 0 Å². The SMILES string of the molecule is CCNC(=NCCOCc1ccccc1)N1CCN(c2ccccc2O)CC1.I. The van der Waals surface area contributed by atoms with Crippen LogP contribution in [0, 0.1) is 0 Å². The summed E-state index contributed by atoms with van der Waals surface area (Å²) in [5.41, 5.74) is 2.08. The van der Waals surface area contributed by atoms with Crippen molar-refractivity contribution in [2.75, 3.05) is 50.8 Å². The zero-order valence-corrected chi connectivity index (χ0v) is 19.3. The van der Waals surface area contributed by atoms with E-state index in [-0.39, 0.29) is 24.0 Å². The number of phenolic OH excluding ortho intramolecular Hbond substituents is 1. The van der Waals surface area contributed by atoms with Crippen LogP contribution in [0.15, 0.2) is 59.6 Å². The minimum Gasteiger partial charge on any atom is -0.506 e. The van der Waals surface area contributed by atoms with E-state index in [1.807, 2.05) is 36.4 Å². The summed E-state index contributed by atoms with van der Waals surface area (Å²) in [6, 6.07) is 17.7. The molecule has 6 nitrogen and oxygen atoms in total. The van der Waals surface area contributed by atoms with Crippen molar-refractivity contribution in [3.05, 3.63) is 60.2 Å². The number of guanidine groups is 1. The Morgan fingerprint density at radius 2 is 1.72 bits per heavy atom. The molecule has 0 saturated carbocycles. The van der Waals surface area contributed by atoms with Crippen molar-refractivity contribution in [1.82, 2.24) is 10.2 Å². The highest BCUT2D eigenvalue weighted by molar-refractivity contribution is 14.0. The Hall–Kier alpha value is -2.00. The third-order valence-corrected chi connectivity index (χ3v) is 4.75. The smallest absolute Gasteiger partial charge is 0.194 e. The van der Waals surface area contributed by atoms with Crippen molar-refractivity contribution >= 4 is 35.6 Å². The lowest BCUT2D eigenvalue weighted by Gasteiger charge is -2.37. The van der Waals surface area contributed by atoms with Gasteiger partial charge in [0.25, 0.3) is 0 Å². The van der Waals surface area contributed by atoms with Crippen molar-refractivity contribution in [2.24, 2.45) is 4.99 Å². The van der Waals surface area contributed by atoms with Gasteiger partial charge in [-0.2, -0.15) is 0 Å². The van der Waals surface area contributed by atoms with E-state index in [0.717, 1.165) is 44.4 Å². The molecular weight excluding hydrogens is 479 g/mol. The maximum absolute atomic E-state index is 10.1. The first-order chi connectivity index (χ1) is 13.8. The summed E-state index contributed by atoms with van der Waals surface area (Å²) in [5, 5.41) is 13.4. The quantitative estimate of drug-likeness (QED) is 0.259. The van der Waals surface area contributed by atoms with E-state index in [4.69, 9.17) is 9.73 Å². The Labute approximate surface area is 190 Å². The number of halogens is 1. The first kappa shape index (κ1) is 23.3. The van der Waals surface area contributed by atoms with E-state index in [9.17, 15) is 5.11 Å². The number of benzene rings is 2. The maximum Gasteiger partial charge on any atom is 0.194 e. The van der Waals surface area contributed by atoms with E-state index >= 15 is 0 Å². The van der Waals surface area contributed by atoms with Crippen LogP contribution in [-0.4, -0.2) is 61.8 Å². The van der Waals surface area contributed by atoms with Crippen LogP contribution in [0.5, 0.6) is 5.75 Å². The first-order valence-electron chi connectivity index (χ1n) is 9.96. The molecule has 0 radical (unpaired) electrons. The number of nitrogens with one attached hydrogen (secondary N) is 1. The lowest BCUT2D eigenvalue weighted by Crippen LogP contribution is -2.52. The molecule has 0 spiro atoms. The molecule has 29 heavy (non-hydrogen) atoms. The second kappa shape index (κ2) is 12.5. The Balaban J connectivity index is 0.00000300. The number of hydrogen-bond donors (Lipinski definition) is 2. The fourth-order valence-corrected chi connectivity index (χ4v) is 3.30. The number of piperazine rings is 1. The van der Waals surface area contributed by atoms with Crippen molar-refractivity contribution in [3.8, 4) is 5.75 Å². The molecule has 0 amide bonds. The molecule has 2 aromatic carbocycles. The molecule has 0 aromatic heterocycles. The predicted octanol–water partition coefficient (Wildman–Crippen LogP) is 3.31. The van der Waals surface area contributed by atoms with Gasteiger partial charge in [0.15, 0.2) is 5.96 Å². The van der Waals surface area contributed by atoms with Gasteiger partial charge in [0, 0.05) is 32.7 Å². The molecule has 0 atom stereocenters. The van der Waals surface area contributed by atoms with Gasteiger partial charge in [-0.15, -0.1) is 24.0 Å². The van der Waals surface area contributed by atoms with Crippen molar-refractivity contribution in [2.45, 2.75) is 13.5 Å². The average Bonchev–Trinajstić information content (AvgIpc) is 2.74. The third-order valence-electron chi connectivity index (χ3n) is 4.75. The minimum absolute atomic E-state index is 0. The molecular formula is C22H31IN4O2. The Morgan fingerprint density at radius 3 is 2.41 bits per heavy atom. The number of ether oxygens (including phenoxy) is 1. The zero-order valence-electron chi connectivity index (χ0n) is 17.0. The lowest BCUT2D eigenvalue weighted by molar-refractivity contribution is 0.128. The molecule has 1 aliphatic heterocycles. The molecule has 1 fully saturated rings. The summed E-state index contributed by atoms with van der Waals surface area (Å²) < 4.78 is 5.73. The number of nitrogens with zero attached hydrogens (tertiary/aromatic N) is 3. The predicted molar refractivity (Wildman–Crippen MR) is 129 cm³/mol. The summed E-state index contributed by atoms with van der Waals surface area (Å²) in [6.45, 7) is 8.21. The van der Waals surface area contributed by atoms with Gasteiger partial charge in [-0.1, -0.05) is 42.5 Å². The summed E-state index contributed by atoms with van der Waals surface area (Å²) in [7, 11) is 0. The van der Waals surface area contributed by atoms with Crippen LogP contribution in [0.3, 0.4) is 0 Å². The molecule has 0 aliphatic carbocycles. The fourth-order valence-electron chi connectivity index (χ4n) is 3.30. The van der Waals surface area contributed by atoms with E-state index in [1.165, 1.54) is 5.56 Å². The second-order valence-electron chi connectivity index (χ2n) is 6.74. The highest BCUT2D eigenvalue weighted by Gasteiger charge is 2.21. The van der Waals surface area contributed by atoms with Gasteiger partial charge in [0.2, 0.25) is 0 Å². The van der Waals surface area contributed by atoms with Crippen molar-refractivity contribution in [1.29, 1.82) is 0 Å².